The molecule has 6 heteroatoms. The highest BCUT2D eigenvalue weighted by Crippen LogP contribution is 2.26. The molecule has 3 N–H and O–H groups in total. The summed E-state index contributed by atoms with van der Waals surface area (Å²) >= 11 is 5.18. The van der Waals surface area contributed by atoms with Crippen molar-refractivity contribution in [2.45, 2.75) is 17.9 Å². The molecule has 1 unspecified atom stereocenters. The minimum atomic E-state index is 0.0200. The standard InChI is InChI=1S/C15H18BrN3OS/c1-2-20-13-7-11(8-18-9-13)15(19-17)10-21-14-5-3-12(16)4-6-14/h3-9,15,19H,2,10,17H2,1H3. The predicted molar refractivity (Wildman–Crippen MR) is 90.3 cm³/mol. The van der Waals surface area contributed by atoms with Gasteiger partial charge in [-0.15, -0.1) is 11.8 Å². The largest absolute Gasteiger partial charge is 0.492 e. The van der Waals surface area contributed by atoms with E-state index in [0.717, 1.165) is 21.5 Å². The molecule has 0 bridgehead atoms. The van der Waals surface area contributed by atoms with Gasteiger partial charge in [0.15, 0.2) is 0 Å². The summed E-state index contributed by atoms with van der Waals surface area (Å²) in [5.41, 5.74) is 3.87. The summed E-state index contributed by atoms with van der Waals surface area (Å²) in [5, 5.41) is 0. The second-order valence-electron chi connectivity index (χ2n) is 4.37. The number of halogens is 1. The van der Waals surface area contributed by atoms with Crippen LogP contribution in [-0.4, -0.2) is 17.3 Å². The van der Waals surface area contributed by atoms with Gasteiger partial charge < -0.3 is 4.74 Å². The zero-order valence-corrected chi connectivity index (χ0v) is 14.2. The number of thioether (sulfide) groups is 1. The van der Waals surface area contributed by atoms with Crippen molar-refractivity contribution in [1.82, 2.24) is 10.4 Å². The molecule has 1 heterocycles. The Hall–Kier alpha value is -1.08. The van der Waals surface area contributed by atoms with Gasteiger partial charge in [0, 0.05) is 21.3 Å². The number of aromatic nitrogens is 1. The van der Waals surface area contributed by atoms with Crippen LogP contribution in [0, 0.1) is 0 Å². The molecule has 0 saturated heterocycles. The van der Waals surface area contributed by atoms with Crippen LogP contribution >= 0.6 is 27.7 Å². The molecule has 2 aromatic rings. The summed E-state index contributed by atoms with van der Waals surface area (Å²) in [6, 6.07) is 10.2. The van der Waals surface area contributed by atoms with Crippen LogP contribution in [0.3, 0.4) is 0 Å². The number of ether oxygens (including phenoxy) is 1. The Morgan fingerprint density at radius 2 is 2.10 bits per heavy atom. The van der Waals surface area contributed by atoms with Crippen LogP contribution < -0.4 is 16.0 Å². The van der Waals surface area contributed by atoms with Gasteiger partial charge in [-0.05, 0) is 42.8 Å². The van der Waals surface area contributed by atoms with Gasteiger partial charge >= 0.3 is 0 Å². The van der Waals surface area contributed by atoms with Crippen LogP contribution in [0.2, 0.25) is 0 Å². The van der Waals surface area contributed by atoms with Crippen molar-refractivity contribution in [3.63, 3.8) is 0 Å². The van der Waals surface area contributed by atoms with Gasteiger partial charge in [-0.2, -0.15) is 0 Å². The SMILES string of the molecule is CCOc1cncc(C(CSc2ccc(Br)cc2)NN)c1. The lowest BCUT2D eigenvalue weighted by atomic mass is 10.1. The van der Waals surface area contributed by atoms with Gasteiger partial charge in [-0.3, -0.25) is 16.3 Å². The van der Waals surface area contributed by atoms with Crippen molar-refractivity contribution in [3.8, 4) is 5.75 Å². The average molecular weight is 368 g/mol. The van der Waals surface area contributed by atoms with Gasteiger partial charge in [-0.1, -0.05) is 15.9 Å². The number of nitrogens with two attached hydrogens (primary N) is 1. The van der Waals surface area contributed by atoms with Crippen molar-refractivity contribution in [2.24, 2.45) is 5.84 Å². The van der Waals surface area contributed by atoms with Crippen LogP contribution in [0.1, 0.15) is 18.5 Å². The van der Waals surface area contributed by atoms with E-state index in [2.05, 4.69) is 38.5 Å². The number of hydrogen-bond acceptors (Lipinski definition) is 5. The molecule has 0 aliphatic rings. The molecule has 0 fully saturated rings. The van der Waals surface area contributed by atoms with Gasteiger partial charge in [0.2, 0.25) is 0 Å². The van der Waals surface area contributed by atoms with Crippen LogP contribution in [0.15, 0.2) is 52.1 Å². The van der Waals surface area contributed by atoms with Gasteiger partial charge in [-0.25, -0.2) is 0 Å². The lowest BCUT2D eigenvalue weighted by Gasteiger charge is -2.16. The maximum atomic E-state index is 5.68. The number of pyridine rings is 1. The fraction of sp³-hybridized carbons (Fsp3) is 0.267. The molecule has 2 rings (SSSR count). The average Bonchev–Trinajstić information content (AvgIpc) is 2.50. The topological polar surface area (TPSA) is 60.2 Å². The second kappa shape index (κ2) is 8.38. The molecular formula is C15H18BrN3OS. The lowest BCUT2D eigenvalue weighted by Crippen LogP contribution is -2.29. The van der Waals surface area contributed by atoms with Crippen molar-refractivity contribution in [2.75, 3.05) is 12.4 Å². The highest BCUT2D eigenvalue weighted by Gasteiger charge is 2.12. The first-order valence-corrected chi connectivity index (χ1v) is 8.43. The highest BCUT2D eigenvalue weighted by molar-refractivity contribution is 9.10. The quantitative estimate of drug-likeness (QED) is 0.445. The fourth-order valence-corrected chi connectivity index (χ4v) is 3.06. The third-order valence-electron chi connectivity index (χ3n) is 2.88. The van der Waals surface area contributed by atoms with E-state index in [4.69, 9.17) is 10.6 Å². The van der Waals surface area contributed by atoms with Crippen LogP contribution in [-0.2, 0) is 0 Å². The van der Waals surface area contributed by atoms with Crippen molar-refractivity contribution < 1.29 is 4.74 Å². The van der Waals surface area contributed by atoms with E-state index in [1.54, 1.807) is 18.0 Å². The third-order valence-corrected chi connectivity index (χ3v) is 4.51. The zero-order valence-electron chi connectivity index (χ0n) is 11.8. The maximum Gasteiger partial charge on any atom is 0.137 e. The van der Waals surface area contributed by atoms with Crippen molar-refractivity contribution in [1.29, 1.82) is 0 Å². The summed E-state index contributed by atoms with van der Waals surface area (Å²) in [6.07, 6.45) is 3.53. The molecular weight excluding hydrogens is 350 g/mol. The molecule has 0 amide bonds. The second-order valence-corrected chi connectivity index (χ2v) is 6.38. The summed E-state index contributed by atoms with van der Waals surface area (Å²) < 4.78 is 6.55. The van der Waals surface area contributed by atoms with Crippen LogP contribution in [0.5, 0.6) is 5.75 Å². The van der Waals surface area contributed by atoms with E-state index < -0.39 is 0 Å². The Morgan fingerprint density at radius 3 is 2.76 bits per heavy atom. The molecule has 0 spiro atoms. The smallest absolute Gasteiger partial charge is 0.137 e. The molecule has 112 valence electrons. The minimum Gasteiger partial charge on any atom is -0.492 e. The number of rotatable bonds is 7. The van der Waals surface area contributed by atoms with Crippen LogP contribution in [0.4, 0.5) is 0 Å². The Labute approximate surface area is 137 Å². The third kappa shape index (κ3) is 5.00. The number of nitrogens with one attached hydrogen (secondary N) is 1. The molecule has 4 nitrogen and oxygen atoms in total. The van der Waals surface area contributed by atoms with E-state index in [9.17, 15) is 0 Å². The maximum absolute atomic E-state index is 5.68. The molecule has 1 atom stereocenters. The monoisotopic (exact) mass is 367 g/mol. The Bertz CT molecular complexity index is 565. The van der Waals surface area contributed by atoms with E-state index in [0.29, 0.717) is 6.61 Å². The van der Waals surface area contributed by atoms with Crippen molar-refractivity contribution >= 4 is 27.7 Å². The molecule has 1 aromatic heterocycles. The summed E-state index contributed by atoms with van der Waals surface area (Å²) in [6.45, 7) is 2.58. The van der Waals surface area contributed by atoms with Gasteiger partial charge in [0.05, 0.1) is 18.8 Å². The van der Waals surface area contributed by atoms with Gasteiger partial charge in [0.25, 0.3) is 0 Å². The number of benzene rings is 1. The molecule has 21 heavy (non-hydrogen) atoms. The first kappa shape index (κ1) is 16.3. The summed E-state index contributed by atoms with van der Waals surface area (Å²) in [5.74, 6) is 7.26. The minimum absolute atomic E-state index is 0.0200. The lowest BCUT2D eigenvalue weighted by molar-refractivity contribution is 0.338. The molecule has 0 saturated carbocycles. The first-order valence-electron chi connectivity index (χ1n) is 6.65. The number of nitrogens with zero attached hydrogens (tertiary/aromatic N) is 1. The summed E-state index contributed by atoms with van der Waals surface area (Å²) in [7, 11) is 0. The number of hydrogen-bond donors (Lipinski definition) is 2. The van der Waals surface area contributed by atoms with E-state index >= 15 is 0 Å². The van der Waals surface area contributed by atoms with Crippen molar-refractivity contribution in [3.05, 3.63) is 52.8 Å². The molecule has 1 aromatic carbocycles. The van der Waals surface area contributed by atoms with Gasteiger partial charge in [0.1, 0.15) is 5.75 Å². The highest BCUT2D eigenvalue weighted by atomic mass is 79.9. The number of hydrazine groups is 1. The molecule has 0 aliphatic carbocycles. The predicted octanol–water partition coefficient (Wildman–Crippen LogP) is 3.54. The zero-order chi connectivity index (χ0) is 15.1. The van der Waals surface area contributed by atoms with E-state index in [1.165, 1.54) is 4.90 Å². The van der Waals surface area contributed by atoms with Crippen LogP contribution in [0.25, 0.3) is 0 Å². The molecule has 0 radical (unpaired) electrons. The molecule has 0 aliphatic heterocycles. The fourth-order valence-electron chi connectivity index (χ4n) is 1.82. The summed E-state index contributed by atoms with van der Waals surface area (Å²) in [4.78, 5) is 5.40. The first-order chi connectivity index (χ1) is 10.2. The van der Waals surface area contributed by atoms with E-state index in [-0.39, 0.29) is 6.04 Å². The van der Waals surface area contributed by atoms with E-state index in [1.807, 2.05) is 31.3 Å². The normalized spacial score (nSPS) is 12.1. The Balaban J connectivity index is 2.02. The Morgan fingerprint density at radius 1 is 1.33 bits per heavy atom. The Kier molecular flexibility index (Phi) is 6.50.